The van der Waals surface area contributed by atoms with Gasteiger partial charge in [-0.25, -0.2) is 0 Å². The number of benzene rings is 1. The van der Waals surface area contributed by atoms with E-state index in [2.05, 4.69) is 15.0 Å². The minimum absolute atomic E-state index is 0.158. The van der Waals surface area contributed by atoms with Gasteiger partial charge in [-0.05, 0) is 24.1 Å². The highest BCUT2D eigenvalue weighted by atomic mass is 35.5. The van der Waals surface area contributed by atoms with E-state index in [4.69, 9.17) is 28.9 Å². The number of nitrogens with zero attached hydrogens (tertiary/aromatic N) is 1. The second kappa shape index (κ2) is 8.10. The quantitative estimate of drug-likeness (QED) is 0.792. The number of ether oxygens (including phenoxy) is 1. The Kier molecular flexibility index (Phi) is 6.14. The summed E-state index contributed by atoms with van der Waals surface area (Å²) in [6, 6.07) is 6.17. The van der Waals surface area contributed by atoms with Gasteiger partial charge in [0.1, 0.15) is 6.04 Å². The smallest absolute Gasteiger partial charge is 0.322 e. The van der Waals surface area contributed by atoms with Crippen molar-refractivity contribution in [3.8, 4) is 0 Å². The van der Waals surface area contributed by atoms with Gasteiger partial charge in [0.15, 0.2) is 0 Å². The van der Waals surface area contributed by atoms with E-state index < -0.39 is 17.9 Å². The Balaban J connectivity index is 2.06. The summed E-state index contributed by atoms with van der Waals surface area (Å²) in [5.41, 5.74) is 7.26. The lowest BCUT2D eigenvalue weighted by atomic mass is 10.1. The fraction of sp³-hybridized carbons (Fsp3) is 0.188. The topological polar surface area (TPSA) is 94.3 Å². The second-order valence-corrected chi connectivity index (χ2v) is 5.78. The van der Waals surface area contributed by atoms with Crippen LogP contribution >= 0.6 is 23.2 Å². The maximum Gasteiger partial charge on any atom is 0.322 e. The molecule has 0 radical (unpaired) electrons. The van der Waals surface area contributed by atoms with Gasteiger partial charge in [-0.2, -0.15) is 0 Å². The maximum absolute atomic E-state index is 12.3. The Morgan fingerprint density at radius 1 is 1.21 bits per heavy atom. The van der Waals surface area contributed by atoms with E-state index in [-0.39, 0.29) is 15.6 Å². The van der Waals surface area contributed by atoms with Crippen LogP contribution in [0.4, 0.5) is 5.69 Å². The van der Waals surface area contributed by atoms with Crippen LogP contribution in [0.2, 0.25) is 10.0 Å². The number of anilines is 1. The number of pyridine rings is 1. The lowest BCUT2D eigenvalue weighted by Crippen LogP contribution is -2.33. The molecule has 0 spiro atoms. The predicted molar refractivity (Wildman–Crippen MR) is 92.3 cm³/mol. The molecule has 1 atom stereocenters. The lowest BCUT2D eigenvalue weighted by molar-refractivity contribution is -0.142. The highest BCUT2D eigenvalue weighted by Gasteiger charge is 2.16. The number of esters is 1. The normalized spacial score (nSPS) is 11.7. The second-order valence-electron chi connectivity index (χ2n) is 4.96. The van der Waals surface area contributed by atoms with Crippen LogP contribution in [0, 0.1) is 0 Å². The molecule has 0 saturated carbocycles. The number of nitrogens with two attached hydrogens (primary N) is 1. The van der Waals surface area contributed by atoms with Gasteiger partial charge in [0, 0.05) is 18.1 Å². The van der Waals surface area contributed by atoms with E-state index in [9.17, 15) is 9.59 Å². The molecule has 8 heteroatoms. The SMILES string of the molecule is COC(=O)[C@@H](N)Cc1ccc(NC(=O)c2c(Cl)cncc2Cl)cc1. The van der Waals surface area contributed by atoms with Gasteiger partial charge in [0.25, 0.3) is 5.91 Å². The van der Waals surface area contributed by atoms with Crippen LogP contribution in [0.5, 0.6) is 0 Å². The average Bonchev–Trinajstić information content (AvgIpc) is 2.55. The first-order valence-electron chi connectivity index (χ1n) is 6.95. The van der Waals surface area contributed by atoms with Crippen molar-refractivity contribution in [2.45, 2.75) is 12.5 Å². The largest absolute Gasteiger partial charge is 0.468 e. The first kappa shape index (κ1) is 18.2. The summed E-state index contributed by atoms with van der Waals surface area (Å²) in [5, 5.41) is 3.03. The van der Waals surface area contributed by atoms with Crippen molar-refractivity contribution in [1.82, 2.24) is 4.98 Å². The monoisotopic (exact) mass is 367 g/mol. The van der Waals surface area contributed by atoms with Crippen molar-refractivity contribution in [2.24, 2.45) is 5.73 Å². The first-order chi connectivity index (χ1) is 11.4. The molecule has 1 amide bonds. The molecule has 0 fully saturated rings. The van der Waals surface area contributed by atoms with Crippen molar-refractivity contribution in [2.75, 3.05) is 12.4 Å². The first-order valence-corrected chi connectivity index (χ1v) is 7.70. The molecule has 0 aliphatic heterocycles. The van der Waals surface area contributed by atoms with Crippen LogP contribution < -0.4 is 11.1 Å². The van der Waals surface area contributed by atoms with Gasteiger partial charge in [-0.1, -0.05) is 35.3 Å². The van der Waals surface area contributed by atoms with Gasteiger partial charge >= 0.3 is 5.97 Å². The van der Waals surface area contributed by atoms with E-state index in [1.54, 1.807) is 24.3 Å². The number of aromatic nitrogens is 1. The van der Waals surface area contributed by atoms with Crippen LogP contribution in [-0.2, 0) is 16.0 Å². The molecule has 2 rings (SSSR count). The standard InChI is InChI=1S/C16H15Cl2N3O3/c1-24-16(23)13(19)6-9-2-4-10(5-3-9)21-15(22)14-11(17)7-20-8-12(14)18/h2-5,7-8,13H,6,19H2,1H3,(H,21,22)/t13-/m0/s1. The molecular formula is C16H15Cl2N3O3. The molecule has 1 aromatic carbocycles. The molecular weight excluding hydrogens is 353 g/mol. The van der Waals surface area contributed by atoms with E-state index in [0.29, 0.717) is 12.1 Å². The number of methoxy groups -OCH3 is 1. The number of rotatable bonds is 5. The fourth-order valence-electron chi connectivity index (χ4n) is 2.03. The third-order valence-corrected chi connectivity index (χ3v) is 3.82. The number of halogens is 2. The summed E-state index contributed by atoms with van der Waals surface area (Å²) in [7, 11) is 1.29. The molecule has 24 heavy (non-hydrogen) atoms. The Hall–Kier alpha value is -2.15. The number of carbonyl (C=O) groups excluding carboxylic acids is 2. The van der Waals surface area contributed by atoms with E-state index in [1.807, 2.05) is 0 Å². The van der Waals surface area contributed by atoms with Crippen LogP contribution in [-0.4, -0.2) is 30.0 Å². The van der Waals surface area contributed by atoms with Gasteiger partial charge in [-0.15, -0.1) is 0 Å². The van der Waals surface area contributed by atoms with Crippen molar-refractivity contribution < 1.29 is 14.3 Å². The van der Waals surface area contributed by atoms with Crippen molar-refractivity contribution in [3.05, 3.63) is 57.8 Å². The molecule has 3 N–H and O–H groups in total. The number of hydrogen-bond acceptors (Lipinski definition) is 5. The summed E-state index contributed by atoms with van der Waals surface area (Å²) in [5.74, 6) is -0.916. The highest BCUT2D eigenvalue weighted by molar-refractivity contribution is 6.40. The van der Waals surface area contributed by atoms with Gasteiger partial charge in [-0.3, -0.25) is 14.6 Å². The summed E-state index contributed by atoms with van der Waals surface area (Å²) in [6.45, 7) is 0. The third kappa shape index (κ3) is 4.44. The molecule has 2 aromatic rings. The van der Waals surface area contributed by atoms with Crippen molar-refractivity contribution in [3.63, 3.8) is 0 Å². The highest BCUT2D eigenvalue weighted by Crippen LogP contribution is 2.24. The third-order valence-electron chi connectivity index (χ3n) is 3.25. The van der Waals surface area contributed by atoms with Crippen LogP contribution in [0.3, 0.4) is 0 Å². The maximum atomic E-state index is 12.3. The average molecular weight is 368 g/mol. The van der Waals surface area contributed by atoms with Crippen LogP contribution in [0.15, 0.2) is 36.7 Å². The molecule has 0 unspecified atom stereocenters. The molecule has 0 bridgehead atoms. The molecule has 1 aromatic heterocycles. The molecule has 0 aliphatic carbocycles. The van der Waals surface area contributed by atoms with Crippen LogP contribution in [0.25, 0.3) is 0 Å². The summed E-state index contributed by atoms with van der Waals surface area (Å²) < 4.78 is 4.58. The minimum atomic E-state index is -0.732. The molecule has 0 saturated heterocycles. The van der Waals surface area contributed by atoms with E-state index in [0.717, 1.165) is 5.56 Å². The van der Waals surface area contributed by atoms with Crippen molar-refractivity contribution >= 4 is 40.8 Å². The van der Waals surface area contributed by atoms with Crippen LogP contribution in [0.1, 0.15) is 15.9 Å². The Morgan fingerprint density at radius 2 is 1.79 bits per heavy atom. The summed E-state index contributed by atoms with van der Waals surface area (Å²) in [6.07, 6.45) is 3.03. The van der Waals surface area contributed by atoms with Gasteiger partial charge < -0.3 is 15.8 Å². The zero-order chi connectivity index (χ0) is 17.7. The Labute approximate surface area is 148 Å². The summed E-state index contributed by atoms with van der Waals surface area (Å²) >= 11 is 11.9. The van der Waals surface area contributed by atoms with Crippen molar-refractivity contribution in [1.29, 1.82) is 0 Å². The fourth-order valence-corrected chi connectivity index (χ4v) is 2.57. The molecule has 126 valence electrons. The number of carbonyl (C=O) groups is 2. The number of nitrogens with one attached hydrogen (secondary N) is 1. The molecule has 0 aliphatic rings. The van der Waals surface area contributed by atoms with E-state index in [1.165, 1.54) is 19.5 Å². The number of hydrogen-bond donors (Lipinski definition) is 2. The van der Waals surface area contributed by atoms with Gasteiger partial charge in [0.05, 0.1) is 22.7 Å². The zero-order valence-corrected chi connectivity index (χ0v) is 14.3. The van der Waals surface area contributed by atoms with Gasteiger partial charge in [0.2, 0.25) is 0 Å². The Bertz CT molecular complexity index is 730. The zero-order valence-electron chi connectivity index (χ0n) is 12.8. The van der Waals surface area contributed by atoms with E-state index >= 15 is 0 Å². The molecule has 6 nitrogen and oxygen atoms in total. The lowest BCUT2D eigenvalue weighted by Gasteiger charge is -2.11. The Morgan fingerprint density at radius 3 is 2.33 bits per heavy atom. The molecule has 1 heterocycles. The number of amides is 1. The summed E-state index contributed by atoms with van der Waals surface area (Å²) in [4.78, 5) is 27.4. The minimum Gasteiger partial charge on any atom is -0.468 e. The predicted octanol–water partition coefficient (Wildman–Crippen LogP) is 2.68.